The maximum absolute atomic E-state index is 13.4. The fourth-order valence-electron chi connectivity index (χ4n) is 4.61. The third-order valence-corrected chi connectivity index (χ3v) is 7.37. The van der Waals surface area contributed by atoms with Gasteiger partial charge in [0.1, 0.15) is 5.84 Å². The Bertz CT molecular complexity index is 1050. The van der Waals surface area contributed by atoms with E-state index in [-0.39, 0.29) is 30.0 Å². The zero-order valence-electron chi connectivity index (χ0n) is 20.0. The Morgan fingerprint density at radius 3 is 2.64 bits per heavy atom. The molecule has 4 unspecified atom stereocenters. The van der Waals surface area contributed by atoms with Gasteiger partial charge in [-0.25, -0.2) is 20.3 Å². The number of carbonyl (C=O) groups excluding carboxylic acids is 1. The third-order valence-electron chi connectivity index (χ3n) is 6.40. The van der Waals surface area contributed by atoms with Gasteiger partial charge in [0.05, 0.1) is 34.3 Å². The van der Waals surface area contributed by atoms with Crippen LogP contribution in [0.2, 0.25) is 0 Å². The number of carbonyl (C=O) groups is 1. The summed E-state index contributed by atoms with van der Waals surface area (Å²) in [5, 5.41) is 13.5. The molecule has 4 rings (SSSR count). The van der Waals surface area contributed by atoms with Gasteiger partial charge in [-0.05, 0) is 31.9 Å². The number of nitrogens with one attached hydrogen (secondary N) is 2. The molecule has 178 valence electrons. The molecular weight excluding hydrogens is 438 g/mol. The molecule has 1 aromatic heterocycles. The van der Waals surface area contributed by atoms with Gasteiger partial charge < -0.3 is 15.3 Å². The molecule has 1 amide bonds. The Morgan fingerprint density at radius 2 is 2.06 bits per heavy atom. The van der Waals surface area contributed by atoms with Crippen molar-refractivity contribution in [1.29, 1.82) is 0 Å². The van der Waals surface area contributed by atoms with E-state index in [0.717, 1.165) is 21.7 Å². The molecule has 0 spiro atoms. The van der Waals surface area contributed by atoms with Crippen molar-refractivity contribution in [2.24, 2.45) is 10.4 Å². The highest BCUT2D eigenvalue weighted by Crippen LogP contribution is 2.35. The number of amides is 1. The van der Waals surface area contributed by atoms with Crippen molar-refractivity contribution >= 4 is 23.1 Å². The number of thiazole rings is 1. The predicted octanol–water partition coefficient (Wildman–Crippen LogP) is 2.82. The number of hydrogen-bond donors (Lipinski definition) is 3. The molecular formula is C24H33N5O3S. The highest BCUT2D eigenvalue weighted by atomic mass is 32.1. The number of aryl methyl sites for hydroxylation is 1. The van der Waals surface area contributed by atoms with Crippen molar-refractivity contribution in [3.05, 3.63) is 41.0 Å². The van der Waals surface area contributed by atoms with Crippen LogP contribution in [0.3, 0.4) is 0 Å². The molecule has 4 atom stereocenters. The summed E-state index contributed by atoms with van der Waals surface area (Å²) in [5.74, 6) is 0.516. The van der Waals surface area contributed by atoms with Crippen LogP contribution < -0.4 is 10.8 Å². The van der Waals surface area contributed by atoms with Gasteiger partial charge >= 0.3 is 0 Å². The fourth-order valence-corrected chi connectivity index (χ4v) is 5.42. The quantitative estimate of drug-likeness (QED) is 0.620. The molecule has 3 heterocycles. The number of rotatable bonds is 5. The number of aliphatic imine (C=N–C) groups is 1. The van der Waals surface area contributed by atoms with Crippen molar-refractivity contribution < 1.29 is 14.7 Å². The molecule has 1 fully saturated rings. The summed E-state index contributed by atoms with van der Waals surface area (Å²) < 4.78 is 0. The van der Waals surface area contributed by atoms with Gasteiger partial charge in [-0.15, -0.1) is 11.3 Å². The highest BCUT2D eigenvalue weighted by molar-refractivity contribution is 7.13. The minimum Gasteiger partial charge on any atom is -0.391 e. The Morgan fingerprint density at radius 1 is 1.36 bits per heavy atom. The van der Waals surface area contributed by atoms with Crippen molar-refractivity contribution in [1.82, 2.24) is 20.7 Å². The molecule has 0 radical (unpaired) electrons. The Hall–Kier alpha value is -2.33. The predicted molar refractivity (Wildman–Crippen MR) is 130 cm³/mol. The van der Waals surface area contributed by atoms with Crippen LogP contribution in [-0.4, -0.2) is 58.5 Å². The second-order valence-corrected chi connectivity index (χ2v) is 10.9. The van der Waals surface area contributed by atoms with Gasteiger partial charge in [-0.2, -0.15) is 0 Å². The third kappa shape index (κ3) is 4.55. The molecule has 0 saturated carbocycles. The number of amidine groups is 1. The van der Waals surface area contributed by atoms with E-state index < -0.39 is 11.8 Å². The number of aliphatic hydroxyl groups excluding tert-OH is 1. The van der Waals surface area contributed by atoms with Crippen molar-refractivity contribution in [3.8, 4) is 10.4 Å². The SMILES string of the molecule is CNC(C(=O)N1CC(O)CC1C1=NC(C)(c2ccc(-c3scnc3C)cc2)ON1)C(C)(C)C. The smallest absolute Gasteiger partial charge is 0.240 e. The number of hydrogen-bond acceptors (Lipinski definition) is 8. The van der Waals surface area contributed by atoms with Gasteiger partial charge in [-0.1, -0.05) is 45.0 Å². The number of nitrogens with zero attached hydrogens (tertiary/aromatic N) is 3. The van der Waals surface area contributed by atoms with Crippen LogP contribution in [0.1, 0.15) is 45.4 Å². The van der Waals surface area contributed by atoms with Crippen molar-refractivity contribution in [3.63, 3.8) is 0 Å². The lowest BCUT2D eigenvalue weighted by atomic mass is 9.86. The average molecular weight is 472 g/mol. The molecule has 8 nitrogen and oxygen atoms in total. The van der Waals surface area contributed by atoms with E-state index in [1.807, 2.05) is 64.4 Å². The fraction of sp³-hybridized carbons (Fsp3) is 0.542. The zero-order chi connectivity index (χ0) is 24.0. The van der Waals surface area contributed by atoms with E-state index >= 15 is 0 Å². The lowest BCUT2D eigenvalue weighted by Gasteiger charge is -2.34. The molecule has 33 heavy (non-hydrogen) atoms. The number of β-amino-alcohol motifs (C(OH)–C–C–N with tert-alkyl or cyclic N) is 1. The van der Waals surface area contributed by atoms with Crippen molar-refractivity contribution in [2.75, 3.05) is 13.6 Å². The number of likely N-dealkylation sites (N-methyl/N-ethyl adjacent to an activating group) is 1. The molecule has 1 saturated heterocycles. The van der Waals surface area contributed by atoms with E-state index in [9.17, 15) is 9.90 Å². The molecule has 2 aliphatic heterocycles. The lowest BCUT2D eigenvalue weighted by Crippen LogP contribution is -2.55. The molecule has 0 aliphatic carbocycles. The highest BCUT2D eigenvalue weighted by Gasteiger charge is 2.45. The minimum absolute atomic E-state index is 0.0473. The summed E-state index contributed by atoms with van der Waals surface area (Å²) in [6.45, 7) is 10.2. The van der Waals surface area contributed by atoms with E-state index in [1.165, 1.54) is 0 Å². The van der Waals surface area contributed by atoms with Crippen LogP contribution in [-0.2, 0) is 15.4 Å². The van der Waals surface area contributed by atoms with Gasteiger partial charge in [0.25, 0.3) is 0 Å². The Kier molecular flexibility index (Phi) is 6.34. The number of likely N-dealkylation sites (tertiary alicyclic amines) is 1. The largest absolute Gasteiger partial charge is 0.391 e. The van der Waals surface area contributed by atoms with Crippen LogP contribution in [0.15, 0.2) is 34.8 Å². The van der Waals surface area contributed by atoms with Crippen LogP contribution in [0.5, 0.6) is 0 Å². The standard InChI is InChI=1S/C24H33N5O3S/c1-14-19(33-13-26-14)15-7-9-16(10-8-15)24(5)27-21(28-32-24)18-11-17(30)12-29(18)22(31)20(25-6)23(2,3)4/h7-10,13,17-18,20,25,30H,11-12H2,1-6H3,(H,27,28). The second-order valence-electron chi connectivity index (χ2n) is 10.0. The zero-order valence-corrected chi connectivity index (χ0v) is 20.9. The first-order valence-corrected chi connectivity index (χ1v) is 12.1. The van der Waals surface area contributed by atoms with E-state index in [0.29, 0.717) is 12.3 Å². The Balaban J connectivity index is 1.58. The molecule has 1 aromatic carbocycles. The number of benzene rings is 1. The molecule has 3 N–H and O–H groups in total. The topological polar surface area (TPSA) is 99.1 Å². The maximum Gasteiger partial charge on any atom is 0.240 e. The van der Waals surface area contributed by atoms with E-state index in [4.69, 9.17) is 9.83 Å². The molecule has 0 bridgehead atoms. The van der Waals surface area contributed by atoms with E-state index in [1.54, 1.807) is 23.3 Å². The molecule has 2 aliphatic rings. The van der Waals surface area contributed by atoms with Crippen LogP contribution in [0.4, 0.5) is 0 Å². The summed E-state index contributed by atoms with van der Waals surface area (Å²) >= 11 is 1.62. The normalized spacial score (nSPS) is 26.3. The first-order chi connectivity index (χ1) is 15.5. The first-order valence-electron chi connectivity index (χ1n) is 11.2. The number of aliphatic hydroxyl groups is 1. The summed E-state index contributed by atoms with van der Waals surface area (Å²) in [4.78, 5) is 31.3. The summed E-state index contributed by atoms with van der Waals surface area (Å²) in [6, 6.07) is 7.37. The number of hydroxylamine groups is 1. The lowest BCUT2D eigenvalue weighted by molar-refractivity contribution is -0.136. The van der Waals surface area contributed by atoms with Crippen molar-refractivity contribution in [2.45, 2.75) is 65.0 Å². The summed E-state index contributed by atoms with van der Waals surface area (Å²) in [5.41, 5.74) is 6.63. The van der Waals surface area contributed by atoms with Crippen LogP contribution in [0.25, 0.3) is 10.4 Å². The summed E-state index contributed by atoms with van der Waals surface area (Å²) in [7, 11) is 1.79. The molecule has 2 aromatic rings. The molecule has 9 heteroatoms. The average Bonchev–Trinajstić information content (AvgIpc) is 3.46. The van der Waals surface area contributed by atoms with E-state index in [2.05, 4.69) is 15.8 Å². The van der Waals surface area contributed by atoms with Gasteiger partial charge in [-0.3, -0.25) is 4.79 Å². The maximum atomic E-state index is 13.4. The monoisotopic (exact) mass is 471 g/mol. The van der Waals surface area contributed by atoms with Crippen LogP contribution >= 0.6 is 11.3 Å². The minimum atomic E-state index is -0.925. The van der Waals surface area contributed by atoms with Gasteiger partial charge in [0.2, 0.25) is 11.6 Å². The first kappa shape index (κ1) is 23.8. The van der Waals surface area contributed by atoms with Crippen LogP contribution in [0, 0.1) is 12.3 Å². The number of aromatic nitrogens is 1. The van der Waals surface area contributed by atoms with Gasteiger partial charge in [0.15, 0.2) is 0 Å². The van der Waals surface area contributed by atoms with Gasteiger partial charge in [0, 0.05) is 18.5 Å². The Labute approximate surface area is 199 Å². The summed E-state index contributed by atoms with van der Waals surface area (Å²) in [6.07, 6.45) is -0.184. The second kappa shape index (κ2) is 8.79.